The second-order valence-corrected chi connectivity index (χ2v) is 7.78. The predicted molar refractivity (Wildman–Crippen MR) is 114 cm³/mol. The fourth-order valence-corrected chi connectivity index (χ4v) is 4.44. The number of para-hydroxylation sites is 2. The van der Waals surface area contributed by atoms with Gasteiger partial charge >= 0.3 is 6.03 Å². The molecule has 0 radical (unpaired) electrons. The van der Waals surface area contributed by atoms with Crippen LogP contribution in [-0.2, 0) is 11.3 Å². The summed E-state index contributed by atoms with van der Waals surface area (Å²) in [7, 11) is 0. The first kappa shape index (κ1) is 18.1. The van der Waals surface area contributed by atoms with Gasteiger partial charge in [-0.2, -0.15) is 0 Å². The van der Waals surface area contributed by atoms with Crippen LogP contribution in [0.4, 0.5) is 16.4 Å². The molecule has 6 rings (SSSR count). The average molecular weight is 419 g/mol. The minimum absolute atomic E-state index is 0.0308. The highest BCUT2D eigenvalue weighted by atomic mass is 16.6. The summed E-state index contributed by atoms with van der Waals surface area (Å²) in [6.07, 6.45) is 0. The molecule has 0 N–H and O–H groups in total. The lowest BCUT2D eigenvalue weighted by Gasteiger charge is -2.23. The summed E-state index contributed by atoms with van der Waals surface area (Å²) in [4.78, 5) is 35.6. The average Bonchev–Trinajstić information content (AvgIpc) is 3.47. The number of ether oxygens (including phenoxy) is 2. The van der Waals surface area contributed by atoms with Gasteiger partial charge in [-0.15, -0.1) is 0 Å². The molecular weight excluding hydrogens is 398 g/mol. The molecule has 9 heteroatoms. The maximum absolute atomic E-state index is 13.0. The number of aromatic nitrogens is 2. The summed E-state index contributed by atoms with van der Waals surface area (Å²) in [5.74, 6) is 1.86. The molecule has 0 bridgehead atoms. The number of nitrogens with zero attached hydrogens (tertiary/aromatic N) is 5. The fourth-order valence-electron chi connectivity index (χ4n) is 4.44. The number of rotatable bonds is 3. The number of carbonyl (C=O) groups is 2. The van der Waals surface area contributed by atoms with Crippen LogP contribution in [0.5, 0.6) is 11.5 Å². The smallest absolute Gasteiger partial charge is 0.325 e. The van der Waals surface area contributed by atoms with E-state index in [2.05, 4.69) is 9.55 Å². The van der Waals surface area contributed by atoms with Crippen LogP contribution in [0, 0.1) is 0 Å². The maximum atomic E-state index is 13.0. The molecule has 4 heterocycles. The van der Waals surface area contributed by atoms with Crippen molar-refractivity contribution < 1.29 is 19.1 Å². The monoisotopic (exact) mass is 419 g/mol. The number of benzene rings is 2. The van der Waals surface area contributed by atoms with E-state index in [0.29, 0.717) is 56.8 Å². The van der Waals surface area contributed by atoms with Gasteiger partial charge in [0.05, 0.1) is 11.0 Å². The highest BCUT2D eigenvalue weighted by Crippen LogP contribution is 2.35. The summed E-state index contributed by atoms with van der Waals surface area (Å²) in [6, 6.07) is 13.2. The van der Waals surface area contributed by atoms with Crippen molar-refractivity contribution in [2.75, 3.05) is 49.2 Å². The van der Waals surface area contributed by atoms with Crippen LogP contribution < -0.4 is 19.3 Å². The molecule has 3 aliphatic heterocycles. The molecule has 2 aromatic carbocycles. The number of carbonyl (C=O) groups excluding carboxylic acids is 2. The van der Waals surface area contributed by atoms with E-state index in [1.54, 1.807) is 14.7 Å². The molecule has 1 aromatic heterocycles. The molecule has 31 heavy (non-hydrogen) atoms. The van der Waals surface area contributed by atoms with Crippen molar-refractivity contribution in [2.45, 2.75) is 6.54 Å². The number of hydrogen-bond acceptors (Lipinski definition) is 5. The Morgan fingerprint density at radius 2 is 1.81 bits per heavy atom. The van der Waals surface area contributed by atoms with Crippen LogP contribution in [0.2, 0.25) is 0 Å². The number of anilines is 2. The van der Waals surface area contributed by atoms with Gasteiger partial charge in [0.1, 0.15) is 19.8 Å². The Hall–Kier alpha value is -3.75. The van der Waals surface area contributed by atoms with Gasteiger partial charge in [-0.05, 0) is 24.3 Å². The largest absolute Gasteiger partial charge is 0.486 e. The molecule has 0 saturated carbocycles. The number of hydrogen-bond donors (Lipinski definition) is 0. The number of urea groups is 1. The lowest BCUT2D eigenvalue weighted by Crippen LogP contribution is -2.42. The zero-order valence-corrected chi connectivity index (χ0v) is 16.9. The second kappa shape index (κ2) is 6.90. The highest BCUT2D eigenvalue weighted by molar-refractivity contribution is 6.01. The Morgan fingerprint density at radius 3 is 2.71 bits per heavy atom. The summed E-state index contributed by atoms with van der Waals surface area (Å²) in [5, 5.41) is 0. The van der Waals surface area contributed by atoms with Crippen molar-refractivity contribution in [1.82, 2.24) is 14.5 Å². The Bertz CT molecular complexity index is 1210. The molecule has 1 saturated heterocycles. The number of fused-ring (bicyclic) bond motifs is 4. The molecule has 1 fully saturated rings. The van der Waals surface area contributed by atoms with E-state index in [4.69, 9.17) is 9.47 Å². The molecule has 0 spiro atoms. The molecule has 3 aromatic rings. The molecular formula is C22H21N5O4. The highest BCUT2D eigenvalue weighted by Gasteiger charge is 2.35. The van der Waals surface area contributed by atoms with Crippen molar-refractivity contribution in [1.29, 1.82) is 0 Å². The zero-order chi connectivity index (χ0) is 20.9. The van der Waals surface area contributed by atoms with Crippen LogP contribution in [0.25, 0.3) is 11.0 Å². The van der Waals surface area contributed by atoms with Crippen LogP contribution >= 0.6 is 0 Å². The van der Waals surface area contributed by atoms with Gasteiger partial charge < -0.3 is 18.9 Å². The van der Waals surface area contributed by atoms with Gasteiger partial charge in [0.2, 0.25) is 11.9 Å². The Balaban J connectivity index is 1.18. The third-order valence-electron chi connectivity index (χ3n) is 5.98. The summed E-state index contributed by atoms with van der Waals surface area (Å²) >= 11 is 0. The molecule has 158 valence electrons. The third kappa shape index (κ3) is 2.88. The van der Waals surface area contributed by atoms with E-state index < -0.39 is 0 Å². The van der Waals surface area contributed by atoms with Crippen molar-refractivity contribution in [3.8, 4) is 11.5 Å². The van der Waals surface area contributed by atoms with E-state index >= 15 is 0 Å². The van der Waals surface area contributed by atoms with E-state index in [1.807, 2.05) is 42.5 Å². The normalized spacial score (nSPS) is 17.5. The molecule has 3 amide bonds. The molecule has 0 atom stereocenters. The first-order chi connectivity index (χ1) is 15.2. The summed E-state index contributed by atoms with van der Waals surface area (Å²) < 4.78 is 13.2. The molecule has 0 aliphatic carbocycles. The van der Waals surface area contributed by atoms with Gasteiger partial charge in [-0.25, -0.2) is 9.78 Å². The molecule has 0 unspecified atom stereocenters. The van der Waals surface area contributed by atoms with E-state index in [0.717, 1.165) is 16.7 Å². The first-order valence-corrected chi connectivity index (χ1v) is 10.4. The quantitative estimate of drug-likeness (QED) is 0.650. The van der Waals surface area contributed by atoms with Crippen molar-refractivity contribution in [3.63, 3.8) is 0 Å². The lowest BCUT2D eigenvalue weighted by atomic mass is 10.2. The van der Waals surface area contributed by atoms with Gasteiger partial charge in [0, 0.05) is 37.9 Å². The van der Waals surface area contributed by atoms with Crippen LogP contribution in [0.15, 0.2) is 42.5 Å². The van der Waals surface area contributed by atoms with Gasteiger partial charge in [-0.3, -0.25) is 14.6 Å². The van der Waals surface area contributed by atoms with E-state index in [1.165, 1.54) is 0 Å². The van der Waals surface area contributed by atoms with Crippen LogP contribution in [-0.4, -0.2) is 65.8 Å². The molecule has 3 aliphatic rings. The standard InChI is InChI=1S/C22H21N5O4/c28-20(27-10-9-26-17-4-2-1-3-16(17)23-21(26)27)14-24-7-8-25(22(24)29)15-5-6-18-19(13-15)31-12-11-30-18/h1-6,13H,7-12,14H2. The Labute approximate surface area is 178 Å². The maximum Gasteiger partial charge on any atom is 0.325 e. The van der Waals surface area contributed by atoms with Gasteiger partial charge in [0.25, 0.3) is 0 Å². The second-order valence-electron chi connectivity index (χ2n) is 7.78. The predicted octanol–water partition coefficient (Wildman–Crippen LogP) is 2.10. The minimum atomic E-state index is -0.183. The van der Waals surface area contributed by atoms with E-state index in [9.17, 15) is 9.59 Å². The molecule has 9 nitrogen and oxygen atoms in total. The summed E-state index contributed by atoms with van der Waals surface area (Å²) in [5.41, 5.74) is 2.64. The third-order valence-corrected chi connectivity index (χ3v) is 5.98. The van der Waals surface area contributed by atoms with Gasteiger partial charge in [0.15, 0.2) is 11.5 Å². The SMILES string of the molecule is O=C1N(CC(=O)N2CCn3c2nc2ccccc23)CCN1c1ccc2c(c1)OCCO2. The van der Waals surface area contributed by atoms with Gasteiger partial charge in [-0.1, -0.05) is 12.1 Å². The first-order valence-electron chi connectivity index (χ1n) is 10.4. The number of imidazole rings is 1. The Kier molecular flexibility index (Phi) is 4.02. The van der Waals surface area contributed by atoms with E-state index in [-0.39, 0.29) is 18.5 Å². The number of amides is 3. The zero-order valence-electron chi connectivity index (χ0n) is 16.9. The Morgan fingerprint density at radius 1 is 0.968 bits per heavy atom. The van der Waals surface area contributed by atoms with Crippen molar-refractivity contribution in [3.05, 3.63) is 42.5 Å². The topological polar surface area (TPSA) is 80.1 Å². The fraction of sp³-hybridized carbons (Fsp3) is 0.318. The minimum Gasteiger partial charge on any atom is -0.486 e. The van der Waals surface area contributed by atoms with Crippen LogP contribution in [0.3, 0.4) is 0 Å². The lowest BCUT2D eigenvalue weighted by molar-refractivity contribution is -0.119. The van der Waals surface area contributed by atoms with Crippen molar-refractivity contribution in [2.24, 2.45) is 0 Å². The summed E-state index contributed by atoms with van der Waals surface area (Å²) in [6.45, 7) is 3.33. The van der Waals surface area contributed by atoms with Crippen LogP contribution in [0.1, 0.15) is 0 Å². The van der Waals surface area contributed by atoms with Crippen molar-refractivity contribution >= 4 is 34.6 Å².